The van der Waals surface area contributed by atoms with Crippen molar-refractivity contribution in [2.75, 3.05) is 6.54 Å². The molecule has 2 N–H and O–H groups in total. The maximum atomic E-state index is 10.5. The number of carbonyl (C=O) groups is 1. The minimum atomic E-state index is -1.23. The minimum absolute atomic E-state index is 0.0182. The predicted molar refractivity (Wildman–Crippen MR) is 53.7 cm³/mol. The molecule has 2 atom stereocenters. The molecule has 0 saturated carbocycles. The van der Waals surface area contributed by atoms with Gasteiger partial charge in [-0.1, -0.05) is 5.11 Å². The van der Waals surface area contributed by atoms with Gasteiger partial charge in [0.05, 0.1) is 12.4 Å². The van der Waals surface area contributed by atoms with Gasteiger partial charge >= 0.3 is 0 Å². The van der Waals surface area contributed by atoms with Gasteiger partial charge < -0.3 is 14.6 Å². The zero-order valence-corrected chi connectivity index (χ0v) is 8.35. The standard InChI is InChI=1S/C9H11N3O4/c10-12-11-3-1-7(14)9(15)6-2-4-16-8(6)5-13/h2,4-5,7,9,14-15H,1,3H2. The summed E-state index contributed by atoms with van der Waals surface area (Å²) in [5.74, 6) is -0.0182. The highest BCUT2D eigenvalue weighted by atomic mass is 16.3. The summed E-state index contributed by atoms with van der Waals surface area (Å²) >= 11 is 0. The van der Waals surface area contributed by atoms with Crippen molar-refractivity contribution in [3.05, 3.63) is 34.1 Å². The number of hydrogen-bond acceptors (Lipinski definition) is 5. The van der Waals surface area contributed by atoms with Gasteiger partial charge in [-0.2, -0.15) is 0 Å². The molecular formula is C9H11N3O4. The first kappa shape index (κ1) is 12.3. The van der Waals surface area contributed by atoms with Crippen LogP contribution in [0.5, 0.6) is 0 Å². The van der Waals surface area contributed by atoms with E-state index in [0.717, 1.165) is 0 Å². The Hall–Kier alpha value is -1.82. The summed E-state index contributed by atoms with van der Waals surface area (Å²) in [6.45, 7) is 0.0724. The fourth-order valence-corrected chi connectivity index (χ4v) is 1.27. The molecule has 0 bridgehead atoms. The Morgan fingerprint density at radius 1 is 1.62 bits per heavy atom. The van der Waals surface area contributed by atoms with Crippen molar-refractivity contribution < 1.29 is 19.4 Å². The molecule has 0 amide bonds. The molecule has 0 fully saturated rings. The molecular weight excluding hydrogens is 214 g/mol. The fourth-order valence-electron chi connectivity index (χ4n) is 1.27. The Morgan fingerprint density at radius 2 is 2.38 bits per heavy atom. The lowest BCUT2D eigenvalue weighted by molar-refractivity contribution is 0.0143. The highest BCUT2D eigenvalue weighted by molar-refractivity contribution is 5.73. The van der Waals surface area contributed by atoms with Gasteiger partial charge in [0.1, 0.15) is 6.10 Å². The molecule has 86 valence electrons. The lowest BCUT2D eigenvalue weighted by atomic mass is 10.0. The molecule has 1 rings (SSSR count). The Bertz CT molecular complexity index is 397. The fraction of sp³-hybridized carbons (Fsp3) is 0.444. The third kappa shape index (κ3) is 2.83. The van der Waals surface area contributed by atoms with E-state index in [1.54, 1.807) is 0 Å². The van der Waals surface area contributed by atoms with E-state index in [-0.39, 0.29) is 24.3 Å². The summed E-state index contributed by atoms with van der Waals surface area (Å²) in [4.78, 5) is 13.0. The number of furan rings is 1. The number of hydrogen-bond donors (Lipinski definition) is 2. The summed E-state index contributed by atoms with van der Waals surface area (Å²) in [6.07, 6.45) is -0.523. The van der Waals surface area contributed by atoms with Gasteiger partial charge in [0.2, 0.25) is 0 Å². The van der Waals surface area contributed by atoms with E-state index in [9.17, 15) is 15.0 Å². The minimum Gasteiger partial charge on any atom is -0.461 e. The monoisotopic (exact) mass is 225 g/mol. The van der Waals surface area contributed by atoms with Crippen molar-refractivity contribution in [2.45, 2.75) is 18.6 Å². The Kier molecular flexibility index (Phi) is 4.53. The third-order valence-corrected chi connectivity index (χ3v) is 2.11. The molecule has 7 nitrogen and oxygen atoms in total. The van der Waals surface area contributed by atoms with Crippen LogP contribution in [0.3, 0.4) is 0 Å². The average Bonchev–Trinajstić information content (AvgIpc) is 2.76. The van der Waals surface area contributed by atoms with Crippen LogP contribution in [0.2, 0.25) is 0 Å². The number of azide groups is 1. The van der Waals surface area contributed by atoms with E-state index in [4.69, 9.17) is 9.95 Å². The van der Waals surface area contributed by atoms with Crippen LogP contribution in [0, 0.1) is 0 Å². The number of nitrogens with zero attached hydrogens (tertiary/aromatic N) is 3. The maximum absolute atomic E-state index is 10.5. The first-order valence-electron chi connectivity index (χ1n) is 4.60. The second-order valence-electron chi connectivity index (χ2n) is 3.11. The first-order valence-corrected chi connectivity index (χ1v) is 4.60. The number of carbonyl (C=O) groups excluding carboxylic acids is 1. The summed E-state index contributed by atoms with van der Waals surface area (Å²) in [6, 6.07) is 1.41. The topological polar surface area (TPSA) is 119 Å². The largest absolute Gasteiger partial charge is 0.461 e. The molecule has 0 aromatic carbocycles. The van der Waals surface area contributed by atoms with Crippen LogP contribution in [-0.2, 0) is 0 Å². The molecule has 7 heteroatoms. The Balaban J connectivity index is 2.65. The summed E-state index contributed by atoms with van der Waals surface area (Å²) < 4.78 is 4.79. The molecule has 16 heavy (non-hydrogen) atoms. The predicted octanol–water partition coefficient (Wildman–Crippen LogP) is 1.19. The summed E-state index contributed by atoms with van der Waals surface area (Å²) in [7, 11) is 0. The van der Waals surface area contributed by atoms with Crippen LogP contribution in [-0.4, -0.2) is 29.1 Å². The molecule has 0 spiro atoms. The van der Waals surface area contributed by atoms with E-state index in [1.807, 2.05) is 0 Å². The molecule has 2 unspecified atom stereocenters. The highest BCUT2D eigenvalue weighted by Gasteiger charge is 2.22. The number of aliphatic hydroxyl groups excluding tert-OH is 2. The van der Waals surface area contributed by atoms with E-state index in [1.165, 1.54) is 12.3 Å². The van der Waals surface area contributed by atoms with Crippen LogP contribution in [0.1, 0.15) is 28.6 Å². The van der Waals surface area contributed by atoms with Gasteiger partial charge in [0.25, 0.3) is 0 Å². The van der Waals surface area contributed by atoms with Crippen molar-refractivity contribution in [2.24, 2.45) is 5.11 Å². The zero-order chi connectivity index (χ0) is 12.0. The molecule has 1 heterocycles. The normalized spacial score (nSPS) is 13.9. The van der Waals surface area contributed by atoms with Crippen LogP contribution in [0.25, 0.3) is 10.4 Å². The summed E-state index contributed by atoms with van der Waals surface area (Å²) in [5.41, 5.74) is 8.26. The molecule has 1 aromatic heterocycles. The van der Waals surface area contributed by atoms with Crippen LogP contribution >= 0.6 is 0 Å². The number of rotatable bonds is 6. The van der Waals surface area contributed by atoms with Gasteiger partial charge in [0.15, 0.2) is 12.0 Å². The average molecular weight is 225 g/mol. The van der Waals surface area contributed by atoms with Crippen molar-refractivity contribution in [1.29, 1.82) is 0 Å². The van der Waals surface area contributed by atoms with Crippen LogP contribution in [0.15, 0.2) is 21.9 Å². The van der Waals surface area contributed by atoms with Crippen LogP contribution < -0.4 is 0 Å². The number of aliphatic hydroxyl groups is 2. The Labute approximate surface area is 90.9 Å². The Morgan fingerprint density at radius 3 is 3.00 bits per heavy atom. The maximum Gasteiger partial charge on any atom is 0.185 e. The number of aldehydes is 1. The zero-order valence-electron chi connectivity index (χ0n) is 8.35. The molecule has 1 aromatic rings. The van der Waals surface area contributed by atoms with Gasteiger partial charge in [0, 0.05) is 17.0 Å². The molecule has 0 aliphatic heterocycles. The van der Waals surface area contributed by atoms with E-state index >= 15 is 0 Å². The van der Waals surface area contributed by atoms with E-state index < -0.39 is 12.2 Å². The van der Waals surface area contributed by atoms with Gasteiger partial charge in [-0.3, -0.25) is 4.79 Å². The van der Waals surface area contributed by atoms with Crippen molar-refractivity contribution >= 4 is 6.29 Å². The molecule has 0 saturated heterocycles. The van der Waals surface area contributed by atoms with E-state index in [0.29, 0.717) is 6.29 Å². The van der Waals surface area contributed by atoms with Crippen molar-refractivity contribution in [3.8, 4) is 0 Å². The van der Waals surface area contributed by atoms with E-state index in [2.05, 4.69) is 10.0 Å². The molecule has 0 aliphatic rings. The lowest BCUT2D eigenvalue weighted by Gasteiger charge is -2.15. The second kappa shape index (κ2) is 5.92. The van der Waals surface area contributed by atoms with Gasteiger partial charge in [-0.25, -0.2) is 0 Å². The van der Waals surface area contributed by atoms with Gasteiger partial charge in [-0.15, -0.1) is 0 Å². The summed E-state index contributed by atoms with van der Waals surface area (Å²) in [5, 5.41) is 22.5. The quantitative estimate of drug-likeness (QED) is 0.327. The first-order chi connectivity index (χ1) is 7.70. The van der Waals surface area contributed by atoms with Crippen molar-refractivity contribution in [3.63, 3.8) is 0 Å². The molecule has 0 radical (unpaired) electrons. The van der Waals surface area contributed by atoms with Crippen LogP contribution in [0.4, 0.5) is 0 Å². The molecule has 0 aliphatic carbocycles. The van der Waals surface area contributed by atoms with Gasteiger partial charge in [-0.05, 0) is 18.0 Å². The smallest absolute Gasteiger partial charge is 0.185 e. The SMILES string of the molecule is [N-]=[N+]=NCCC(O)C(O)c1ccoc1C=O. The lowest BCUT2D eigenvalue weighted by Crippen LogP contribution is -2.19. The highest BCUT2D eigenvalue weighted by Crippen LogP contribution is 2.22. The second-order valence-corrected chi connectivity index (χ2v) is 3.11. The third-order valence-electron chi connectivity index (χ3n) is 2.11. The van der Waals surface area contributed by atoms with Crippen molar-refractivity contribution in [1.82, 2.24) is 0 Å².